The fourth-order valence-electron chi connectivity index (χ4n) is 4.71. The van der Waals surface area contributed by atoms with Gasteiger partial charge < -0.3 is 34.9 Å². The average Bonchev–Trinajstić information content (AvgIpc) is 2.74. The van der Waals surface area contributed by atoms with Gasteiger partial charge in [0.1, 0.15) is 0 Å². The molecule has 7 heteroatoms. The van der Waals surface area contributed by atoms with E-state index >= 15 is 0 Å². The molecular weight excluding hydrogens is 486 g/mol. The van der Waals surface area contributed by atoms with Crippen molar-refractivity contribution in [2.24, 2.45) is 0 Å². The summed E-state index contributed by atoms with van der Waals surface area (Å²) in [4.78, 5) is 4.60. The van der Waals surface area contributed by atoms with Crippen molar-refractivity contribution in [3.63, 3.8) is 0 Å². The van der Waals surface area contributed by atoms with Crippen LogP contribution in [0.2, 0.25) is 0 Å². The molecule has 2 aromatic carbocycles. The quantitative estimate of drug-likeness (QED) is 0.225. The van der Waals surface area contributed by atoms with E-state index < -0.39 is 0 Å². The van der Waals surface area contributed by atoms with Crippen molar-refractivity contribution in [3.8, 4) is 0 Å². The van der Waals surface area contributed by atoms with Crippen molar-refractivity contribution in [2.45, 2.75) is 79.1 Å². The van der Waals surface area contributed by atoms with E-state index in [1.54, 1.807) is 0 Å². The number of nitrogens with one attached hydrogen (secondary N) is 2. The zero-order valence-electron chi connectivity index (χ0n) is 26.3. The minimum absolute atomic E-state index is 0. The normalized spacial score (nSPS) is 11.2. The van der Waals surface area contributed by atoms with Crippen LogP contribution < -0.4 is 10.5 Å². The number of rotatable bonds is 11. The smallest absolute Gasteiger partial charge is 0.572 e. The Labute approximate surface area is 246 Å². The predicted octanol–water partition coefficient (Wildman–Crippen LogP) is 7.78. The molecule has 0 aliphatic rings. The van der Waals surface area contributed by atoms with E-state index in [4.69, 9.17) is 0 Å². The van der Waals surface area contributed by atoms with E-state index in [9.17, 15) is 0 Å². The maximum Gasteiger partial charge on any atom is 2.00 e. The van der Waals surface area contributed by atoms with Gasteiger partial charge in [-0.25, -0.2) is 0 Å². The Hall–Kier alpha value is -1.20. The van der Waals surface area contributed by atoms with E-state index in [1.807, 2.05) is 0 Å². The Balaban J connectivity index is 0. The van der Waals surface area contributed by atoms with Crippen molar-refractivity contribution in [3.05, 3.63) is 73.5 Å². The van der Waals surface area contributed by atoms with E-state index in [0.29, 0.717) is 23.7 Å². The van der Waals surface area contributed by atoms with E-state index in [0.717, 1.165) is 0 Å². The zero-order valence-corrected chi connectivity index (χ0v) is 27.9. The molecule has 0 aliphatic heterocycles. The SMILES string of the molecule is CC(C)c1cccc(C(C)C)c1NB([B-](Nc1c(C(C)C)cccc1C(C)C)N(C)C)N(C)C.[CH3-].[CH3-].[Ti+2]. The van der Waals surface area contributed by atoms with Crippen LogP contribution in [0.5, 0.6) is 0 Å². The van der Waals surface area contributed by atoms with E-state index in [-0.39, 0.29) is 50.3 Å². The fourth-order valence-corrected chi connectivity index (χ4v) is 4.71. The second-order valence-electron chi connectivity index (χ2n) is 11.3. The van der Waals surface area contributed by atoms with E-state index in [2.05, 4.69) is 140 Å². The summed E-state index contributed by atoms with van der Waals surface area (Å²) in [5, 5.41) is 8.00. The maximum atomic E-state index is 4.00. The monoisotopic (exact) mass is 540 g/mol. The van der Waals surface area contributed by atoms with Gasteiger partial charge >= 0.3 is 21.7 Å². The molecule has 2 aromatic rings. The number of hydrogen-bond acceptors (Lipinski definition) is 4. The Bertz CT molecular complexity index is 802. The topological polar surface area (TPSA) is 30.5 Å². The maximum absolute atomic E-state index is 4.00. The molecule has 0 spiro atoms. The van der Waals surface area contributed by atoms with Crippen molar-refractivity contribution in [1.29, 1.82) is 0 Å². The molecule has 4 nitrogen and oxygen atoms in total. The molecule has 0 amide bonds. The molecule has 37 heavy (non-hydrogen) atoms. The molecule has 1 radical (unpaired) electrons. The van der Waals surface area contributed by atoms with Crippen LogP contribution in [0, 0.1) is 14.9 Å². The first-order valence-corrected chi connectivity index (χ1v) is 13.0. The summed E-state index contributed by atoms with van der Waals surface area (Å²) in [6, 6.07) is 13.5. The minimum atomic E-state index is 0. The van der Waals surface area contributed by atoms with Gasteiger partial charge in [-0.3, -0.25) is 0 Å². The third-order valence-electron chi connectivity index (χ3n) is 6.74. The summed E-state index contributed by atoms with van der Waals surface area (Å²) in [7, 11) is 8.67. The number of nitrogens with zero attached hydrogens (tertiary/aromatic N) is 2. The molecule has 2 N–H and O–H groups in total. The molecule has 205 valence electrons. The molecule has 0 heterocycles. The first-order chi connectivity index (χ1) is 15.9. The van der Waals surface area contributed by atoms with Crippen molar-refractivity contribution < 1.29 is 21.7 Å². The summed E-state index contributed by atoms with van der Waals surface area (Å²) in [5.74, 6) is 1.79. The van der Waals surface area contributed by atoms with Gasteiger partial charge in [-0.2, -0.15) is 0 Å². The molecule has 0 fully saturated rings. The largest absolute Gasteiger partial charge is 2.00 e. The summed E-state index contributed by atoms with van der Waals surface area (Å²) in [6.45, 7) is 18.4. The summed E-state index contributed by atoms with van der Waals surface area (Å²) in [5.41, 5.74) is 8.06. The van der Waals surface area contributed by atoms with Crippen LogP contribution in [0.3, 0.4) is 0 Å². The number of benzene rings is 2. The predicted molar refractivity (Wildman–Crippen MR) is 168 cm³/mol. The second-order valence-corrected chi connectivity index (χ2v) is 11.3. The van der Waals surface area contributed by atoms with Crippen LogP contribution in [0.25, 0.3) is 0 Å². The minimum Gasteiger partial charge on any atom is -0.572 e. The van der Waals surface area contributed by atoms with Crippen molar-refractivity contribution in [1.82, 2.24) is 9.62 Å². The Morgan fingerprint density at radius 1 is 0.622 bits per heavy atom. The van der Waals surface area contributed by atoms with Crippen LogP contribution >= 0.6 is 0 Å². The Morgan fingerprint density at radius 2 is 0.946 bits per heavy atom. The van der Waals surface area contributed by atoms with Gasteiger partial charge in [0.2, 0.25) is 0 Å². The standard InChI is InChI=1S/C28H48B2N4.2CH3.Ti/c1-19(2)23-15-13-16-24(20(3)4)27(23)31-29(33(9)10)30(34(11)12)32-28-25(21(5)6)17-14-18-26(28)22(7)8;;;/h13-22,31-32H,1-12H3;2*1H3;/q3*-1;+2. The molecule has 0 aromatic heterocycles. The van der Waals surface area contributed by atoms with Crippen LogP contribution in [0.1, 0.15) is 101 Å². The third-order valence-corrected chi connectivity index (χ3v) is 6.74. The van der Waals surface area contributed by atoms with Gasteiger partial charge in [-0.05, 0) is 65.7 Å². The number of hydrogen-bond donors (Lipinski definition) is 2. The molecule has 2 rings (SSSR count). The van der Waals surface area contributed by atoms with Crippen LogP contribution in [-0.2, 0) is 21.7 Å². The molecule has 0 bridgehead atoms. The summed E-state index contributed by atoms with van der Waals surface area (Å²) < 4.78 is 0. The average molecular weight is 540 g/mol. The van der Waals surface area contributed by atoms with E-state index in [1.165, 1.54) is 33.6 Å². The van der Waals surface area contributed by atoms with Gasteiger partial charge in [-0.15, -0.1) is 0 Å². The van der Waals surface area contributed by atoms with Crippen LogP contribution in [0.4, 0.5) is 11.4 Å². The van der Waals surface area contributed by atoms with Crippen molar-refractivity contribution in [2.75, 3.05) is 38.6 Å². The molecule has 0 saturated carbocycles. The number of para-hydroxylation sites is 2. The van der Waals surface area contributed by atoms with Gasteiger partial charge in [0.15, 0.2) is 6.87 Å². The first-order valence-electron chi connectivity index (χ1n) is 13.0. The number of anilines is 2. The van der Waals surface area contributed by atoms with Gasteiger partial charge in [0, 0.05) is 5.69 Å². The van der Waals surface area contributed by atoms with Crippen molar-refractivity contribution >= 4 is 25.1 Å². The summed E-state index contributed by atoms with van der Waals surface area (Å²) >= 11 is 0. The third kappa shape index (κ3) is 9.50. The van der Waals surface area contributed by atoms with Gasteiger partial charge in [-0.1, -0.05) is 106 Å². The molecule has 0 saturated heterocycles. The Morgan fingerprint density at radius 3 is 1.22 bits per heavy atom. The molecular formula is C30H54B2N4Ti-. The first kappa shape index (κ1) is 38.0. The summed E-state index contributed by atoms with van der Waals surface area (Å²) in [6.07, 6.45) is 0. The second kappa shape index (κ2) is 16.7. The van der Waals surface area contributed by atoms with Gasteiger partial charge in [0.25, 0.3) is 0 Å². The van der Waals surface area contributed by atoms with Gasteiger partial charge in [0.05, 0.1) is 6.87 Å². The molecule has 0 atom stereocenters. The molecule has 0 aliphatic carbocycles. The Kier molecular flexibility index (Phi) is 17.1. The van der Waals surface area contributed by atoms with Crippen LogP contribution in [-0.4, -0.2) is 51.6 Å². The van der Waals surface area contributed by atoms with Crippen LogP contribution in [0.15, 0.2) is 36.4 Å². The fraction of sp³-hybridized carbons (Fsp3) is 0.533. The zero-order chi connectivity index (χ0) is 25.7. The molecule has 0 unspecified atom stereocenters.